The molecule has 0 unspecified atom stereocenters. The van der Waals surface area contributed by atoms with Gasteiger partial charge in [0.25, 0.3) is 0 Å². The third-order valence-corrected chi connectivity index (χ3v) is 2.98. The van der Waals surface area contributed by atoms with Crippen LogP contribution in [0.4, 0.5) is 0 Å². The van der Waals surface area contributed by atoms with Crippen LogP contribution in [-0.2, 0) is 6.42 Å². The topological polar surface area (TPSA) is 35.0 Å². The maximum atomic E-state index is 5.61. The van der Waals surface area contributed by atoms with Gasteiger partial charge in [0.1, 0.15) is 11.6 Å². The highest BCUT2D eigenvalue weighted by atomic mass is 16.5. The van der Waals surface area contributed by atoms with Crippen molar-refractivity contribution < 1.29 is 4.74 Å². The monoisotopic (exact) mass is 226 g/mol. The first-order valence-corrected chi connectivity index (χ1v) is 5.89. The number of aryl methyl sites for hydroxylation is 2. The molecule has 1 aliphatic rings. The van der Waals surface area contributed by atoms with E-state index in [1.165, 1.54) is 5.56 Å². The van der Waals surface area contributed by atoms with Crippen LogP contribution >= 0.6 is 0 Å². The minimum absolute atomic E-state index is 0.802. The molecule has 0 bridgehead atoms. The number of rotatable bonds is 1. The summed E-state index contributed by atoms with van der Waals surface area (Å²) < 4.78 is 5.61. The lowest BCUT2D eigenvalue weighted by Crippen LogP contribution is -2.08. The molecule has 0 atom stereocenters. The fraction of sp³-hybridized carbons (Fsp3) is 0.286. The van der Waals surface area contributed by atoms with Crippen molar-refractivity contribution in [3.63, 3.8) is 0 Å². The van der Waals surface area contributed by atoms with Crippen LogP contribution in [0.2, 0.25) is 0 Å². The molecule has 1 aromatic heterocycles. The first kappa shape index (κ1) is 10.3. The molecule has 0 N–H and O–H groups in total. The van der Waals surface area contributed by atoms with Crippen LogP contribution in [0.3, 0.4) is 0 Å². The average molecular weight is 226 g/mol. The Hall–Kier alpha value is -1.90. The Morgan fingerprint density at radius 3 is 3.06 bits per heavy atom. The molecule has 0 aliphatic carbocycles. The largest absolute Gasteiger partial charge is 0.493 e. The fourth-order valence-corrected chi connectivity index (χ4v) is 2.14. The van der Waals surface area contributed by atoms with Gasteiger partial charge >= 0.3 is 0 Å². The van der Waals surface area contributed by atoms with Gasteiger partial charge in [-0.3, -0.25) is 0 Å². The van der Waals surface area contributed by atoms with Crippen molar-refractivity contribution in [2.24, 2.45) is 0 Å². The molecule has 1 aromatic carbocycles. The maximum Gasteiger partial charge on any atom is 0.125 e. The van der Waals surface area contributed by atoms with E-state index in [2.05, 4.69) is 22.1 Å². The number of fused-ring (bicyclic) bond motifs is 1. The van der Waals surface area contributed by atoms with Gasteiger partial charge in [-0.2, -0.15) is 0 Å². The van der Waals surface area contributed by atoms with E-state index in [9.17, 15) is 0 Å². The van der Waals surface area contributed by atoms with E-state index in [4.69, 9.17) is 4.74 Å². The SMILES string of the molecule is Cc1nccc(-c2ccc3c(c2)CCCO3)n1. The molecule has 86 valence electrons. The molecule has 0 spiro atoms. The number of hydrogen-bond acceptors (Lipinski definition) is 3. The maximum absolute atomic E-state index is 5.61. The number of benzene rings is 1. The van der Waals surface area contributed by atoms with Crippen molar-refractivity contribution in [1.82, 2.24) is 9.97 Å². The summed E-state index contributed by atoms with van der Waals surface area (Å²) in [6, 6.07) is 8.22. The van der Waals surface area contributed by atoms with Crippen LogP contribution in [0.5, 0.6) is 5.75 Å². The van der Waals surface area contributed by atoms with Gasteiger partial charge in [0.15, 0.2) is 0 Å². The first-order chi connectivity index (χ1) is 8.33. The molecule has 0 saturated heterocycles. The van der Waals surface area contributed by atoms with E-state index in [1.54, 1.807) is 6.20 Å². The average Bonchev–Trinajstić information content (AvgIpc) is 2.38. The molecular weight excluding hydrogens is 212 g/mol. The molecule has 3 nitrogen and oxygen atoms in total. The van der Waals surface area contributed by atoms with Gasteiger partial charge in [-0.05, 0) is 49.6 Å². The van der Waals surface area contributed by atoms with Crippen LogP contribution in [0, 0.1) is 6.92 Å². The molecule has 2 heterocycles. The highest BCUT2D eigenvalue weighted by Crippen LogP contribution is 2.29. The summed E-state index contributed by atoms with van der Waals surface area (Å²) in [5.41, 5.74) is 3.40. The van der Waals surface area contributed by atoms with E-state index in [-0.39, 0.29) is 0 Å². The van der Waals surface area contributed by atoms with Crippen molar-refractivity contribution in [1.29, 1.82) is 0 Å². The third kappa shape index (κ3) is 2.00. The van der Waals surface area contributed by atoms with Gasteiger partial charge in [-0.25, -0.2) is 9.97 Å². The molecule has 0 radical (unpaired) electrons. The second-order valence-corrected chi connectivity index (χ2v) is 4.26. The van der Waals surface area contributed by atoms with Crippen LogP contribution in [0.25, 0.3) is 11.3 Å². The standard InChI is InChI=1S/C14H14N2O/c1-10-15-7-6-13(16-10)11-4-5-14-12(9-11)3-2-8-17-14/h4-7,9H,2-3,8H2,1H3. The molecule has 0 fully saturated rings. The summed E-state index contributed by atoms with van der Waals surface area (Å²) in [6.45, 7) is 2.74. The Labute approximate surface area is 100 Å². The van der Waals surface area contributed by atoms with Crippen molar-refractivity contribution in [2.45, 2.75) is 19.8 Å². The highest BCUT2D eigenvalue weighted by molar-refractivity contribution is 5.62. The molecular formula is C14H14N2O. The first-order valence-electron chi connectivity index (χ1n) is 5.89. The van der Waals surface area contributed by atoms with E-state index < -0.39 is 0 Å². The van der Waals surface area contributed by atoms with Gasteiger partial charge in [-0.1, -0.05) is 0 Å². The van der Waals surface area contributed by atoms with Crippen molar-refractivity contribution in [3.05, 3.63) is 41.9 Å². The molecule has 3 heteroatoms. The van der Waals surface area contributed by atoms with Crippen molar-refractivity contribution >= 4 is 0 Å². The number of nitrogens with zero attached hydrogens (tertiary/aromatic N) is 2. The van der Waals surface area contributed by atoms with E-state index >= 15 is 0 Å². The summed E-state index contributed by atoms with van der Waals surface area (Å²) >= 11 is 0. The molecule has 2 aromatic rings. The zero-order valence-corrected chi connectivity index (χ0v) is 9.81. The van der Waals surface area contributed by atoms with Crippen molar-refractivity contribution in [2.75, 3.05) is 6.61 Å². The summed E-state index contributed by atoms with van der Waals surface area (Å²) in [5, 5.41) is 0. The predicted octanol–water partition coefficient (Wildman–Crippen LogP) is 2.78. The summed E-state index contributed by atoms with van der Waals surface area (Å²) in [7, 11) is 0. The lowest BCUT2D eigenvalue weighted by Gasteiger charge is -2.17. The summed E-state index contributed by atoms with van der Waals surface area (Å²) in [5.74, 6) is 1.82. The molecule has 1 aliphatic heterocycles. The lowest BCUT2D eigenvalue weighted by molar-refractivity contribution is 0.288. The van der Waals surface area contributed by atoms with E-state index in [1.807, 2.05) is 19.1 Å². The van der Waals surface area contributed by atoms with Gasteiger partial charge in [0.2, 0.25) is 0 Å². The number of aromatic nitrogens is 2. The Bertz CT molecular complexity index is 552. The smallest absolute Gasteiger partial charge is 0.125 e. The predicted molar refractivity (Wildman–Crippen MR) is 66.0 cm³/mol. The van der Waals surface area contributed by atoms with Gasteiger partial charge < -0.3 is 4.74 Å². The quantitative estimate of drug-likeness (QED) is 0.750. The van der Waals surface area contributed by atoms with E-state index in [0.717, 1.165) is 42.3 Å². The van der Waals surface area contributed by atoms with Crippen LogP contribution < -0.4 is 4.74 Å². The zero-order valence-electron chi connectivity index (χ0n) is 9.81. The van der Waals surface area contributed by atoms with Crippen LogP contribution in [0.1, 0.15) is 17.8 Å². The summed E-state index contributed by atoms with van der Waals surface area (Å²) in [4.78, 5) is 8.56. The third-order valence-electron chi connectivity index (χ3n) is 2.98. The van der Waals surface area contributed by atoms with Gasteiger partial charge in [-0.15, -0.1) is 0 Å². The fourth-order valence-electron chi connectivity index (χ4n) is 2.14. The Morgan fingerprint density at radius 1 is 1.24 bits per heavy atom. The molecule has 0 saturated carbocycles. The van der Waals surface area contributed by atoms with Crippen LogP contribution in [0.15, 0.2) is 30.5 Å². The number of ether oxygens (including phenoxy) is 1. The number of hydrogen-bond donors (Lipinski definition) is 0. The molecule has 3 rings (SSSR count). The van der Waals surface area contributed by atoms with E-state index in [0.29, 0.717) is 0 Å². The molecule has 0 amide bonds. The van der Waals surface area contributed by atoms with Crippen LogP contribution in [-0.4, -0.2) is 16.6 Å². The lowest BCUT2D eigenvalue weighted by atomic mass is 10.0. The van der Waals surface area contributed by atoms with Crippen molar-refractivity contribution in [3.8, 4) is 17.0 Å². The Balaban J connectivity index is 2.04. The Kier molecular flexibility index (Phi) is 2.52. The minimum atomic E-state index is 0.802. The van der Waals surface area contributed by atoms with Gasteiger partial charge in [0.05, 0.1) is 12.3 Å². The molecule has 17 heavy (non-hydrogen) atoms. The normalized spacial score (nSPS) is 13.9. The Morgan fingerprint density at radius 2 is 2.18 bits per heavy atom. The minimum Gasteiger partial charge on any atom is -0.493 e. The summed E-state index contributed by atoms with van der Waals surface area (Å²) in [6.07, 6.45) is 3.99. The highest BCUT2D eigenvalue weighted by Gasteiger charge is 2.11. The zero-order chi connectivity index (χ0) is 11.7. The second kappa shape index (κ2) is 4.17. The van der Waals surface area contributed by atoms with Gasteiger partial charge in [0, 0.05) is 11.8 Å². The second-order valence-electron chi connectivity index (χ2n) is 4.26.